The molecule has 0 aliphatic carbocycles. The summed E-state index contributed by atoms with van der Waals surface area (Å²) < 4.78 is 0. The Hall–Kier alpha value is -0.860. The first kappa shape index (κ1) is 13.6. The number of nitrogens with one attached hydrogen (secondary N) is 1. The summed E-state index contributed by atoms with van der Waals surface area (Å²) in [6.45, 7) is 11.4. The van der Waals surface area contributed by atoms with E-state index < -0.39 is 0 Å². The minimum atomic E-state index is 0.660. The van der Waals surface area contributed by atoms with Gasteiger partial charge in [0.1, 0.15) is 0 Å². The van der Waals surface area contributed by atoms with Crippen LogP contribution >= 0.6 is 0 Å². The highest BCUT2D eigenvalue weighted by Crippen LogP contribution is 2.16. The SMILES string of the molecule is CCC(C)C1CN(Cc2ccccc2C)CCN1. The van der Waals surface area contributed by atoms with Gasteiger partial charge in [-0.3, -0.25) is 4.90 Å². The molecule has 100 valence electrons. The topological polar surface area (TPSA) is 15.3 Å². The van der Waals surface area contributed by atoms with Crippen molar-refractivity contribution < 1.29 is 0 Å². The number of hydrogen-bond donors (Lipinski definition) is 1. The first-order valence-corrected chi connectivity index (χ1v) is 7.21. The van der Waals surface area contributed by atoms with Crippen LogP contribution in [0.2, 0.25) is 0 Å². The van der Waals surface area contributed by atoms with Crippen molar-refractivity contribution in [3.8, 4) is 0 Å². The van der Waals surface area contributed by atoms with Gasteiger partial charge in [-0.1, -0.05) is 44.5 Å². The summed E-state index contributed by atoms with van der Waals surface area (Å²) in [5, 5.41) is 3.66. The smallest absolute Gasteiger partial charge is 0.0237 e. The first-order chi connectivity index (χ1) is 8.70. The lowest BCUT2D eigenvalue weighted by Crippen LogP contribution is -2.52. The molecule has 1 aliphatic heterocycles. The quantitative estimate of drug-likeness (QED) is 0.879. The van der Waals surface area contributed by atoms with Gasteiger partial charge in [-0.15, -0.1) is 0 Å². The molecular formula is C16H26N2. The largest absolute Gasteiger partial charge is 0.311 e. The summed E-state index contributed by atoms with van der Waals surface area (Å²) in [6, 6.07) is 9.40. The number of benzene rings is 1. The third-order valence-electron chi connectivity index (χ3n) is 4.28. The first-order valence-electron chi connectivity index (χ1n) is 7.21. The molecule has 2 heteroatoms. The maximum atomic E-state index is 3.66. The average molecular weight is 246 g/mol. The molecule has 2 rings (SSSR count). The van der Waals surface area contributed by atoms with Crippen LogP contribution in [0.4, 0.5) is 0 Å². The highest BCUT2D eigenvalue weighted by molar-refractivity contribution is 5.25. The van der Waals surface area contributed by atoms with Crippen LogP contribution in [0.3, 0.4) is 0 Å². The van der Waals surface area contributed by atoms with E-state index in [1.54, 1.807) is 0 Å². The minimum Gasteiger partial charge on any atom is -0.311 e. The normalized spacial score (nSPS) is 22.9. The Kier molecular flexibility index (Phi) is 4.79. The standard InChI is InChI=1S/C16H26N2/c1-4-13(2)16-12-18(10-9-17-16)11-15-8-6-5-7-14(15)3/h5-8,13,16-17H,4,9-12H2,1-3H3. The van der Waals surface area contributed by atoms with Crippen molar-refractivity contribution >= 4 is 0 Å². The van der Waals surface area contributed by atoms with Crippen molar-refractivity contribution in [2.75, 3.05) is 19.6 Å². The fraction of sp³-hybridized carbons (Fsp3) is 0.625. The average Bonchev–Trinajstić information content (AvgIpc) is 2.41. The van der Waals surface area contributed by atoms with Gasteiger partial charge in [0.25, 0.3) is 0 Å². The molecule has 0 saturated carbocycles. The molecule has 1 N–H and O–H groups in total. The van der Waals surface area contributed by atoms with Crippen molar-refractivity contribution in [1.29, 1.82) is 0 Å². The van der Waals surface area contributed by atoms with Crippen LogP contribution in [-0.2, 0) is 6.54 Å². The second-order valence-corrected chi connectivity index (χ2v) is 5.61. The monoisotopic (exact) mass is 246 g/mol. The molecule has 0 aromatic heterocycles. The molecule has 2 atom stereocenters. The summed E-state index contributed by atoms with van der Waals surface area (Å²) in [7, 11) is 0. The van der Waals surface area contributed by atoms with Gasteiger partial charge >= 0.3 is 0 Å². The Morgan fingerprint density at radius 1 is 1.39 bits per heavy atom. The van der Waals surface area contributed by atoms with Crippen LogP contribution in [0.25, 0.3) is 0 Å². The van der Waals surface area contributed by atoms with E-state index in [4.69, 9.17) is 0 Å². The van der Waals surface area contributed by atoms with Crippen LogP contribution in [0.1, 0.15) is 31.4 Å². The van der Waals surface area contributed by atoms with Crippen molar-refractivity contribution in [3.63, 3.8) is 0 Å². The number of nitrogens with zero attached hydrogens (tertiary/aromatic N) is 1. The number of aryl methyl sites for hydroxylation is 1. The van der Waals surface area contributed by atoms with Crippen molar-refractivity contribution in [2.45, 2.75) is 39.8 Å². The lowest BCUT2D eigenvalue weighted by molar-refractivity contribution is 0.162. The molecule has 2 unspecified atom stereocenters. The summed E-state index contributed by atoms with van der Waals surface area (Å²) in [4.78, 5) is 2.59. The second-order valence-electron chi connectivity index (χ2n) is 5.61. The van der Waals surface area contributed by atoms with E-state index >= 15 is 0 Å². The zero-order chi connectivity index (χ0) is 13.0. The maximum Gasteiger partial charge on any atom is 0.0237 e. The van der Waals surface area contributed by atoms with Crippen molar-refractivity contribution in [3.05, 3.63) is 35.4 Å². The predicted octanol–water partition coefficient (Wildman–Crippen LogP) is 2.81. The zero-order valence-electron chi connectivity index (χ0n) is 11.9. The summed E-state index contributed by atoms with van der Waals surface area (Å²) in [5.41, 5.74) is 2.89. The Morgan fingerprint density at radius 2 is 2.17 bits per heavy atom. The molecule has 0 radical (unpaired) electrons. The summed E-state index contributed by atoms with van der Waals surface area (Å²) in [5.74, 6) is 0.768. The van der Waals surface area contributed by atoms with Gasteiger partial charge in [0, 0.05) is 32.2 Å². The lowest BCUT2D eigenvalue weighted by Gasteiger charge is -2.36. The molecule has 1 aromatic carbocycles. The van der Waals surface area contributed by atoms with Crippen LogP contribution in [0, 0.1) is 12.8 Å². The van der Waals surface area contributed by atoms with Crippen molar-refractivity contribution in [2.24, 2.45) is 5.92 Å². The Labute approximate surface area is 111 Å². The third-order valence-corrected chi connectivity index (χ3v) is 4.28. The molecule has 0 amide bonds. The molecular weight excluding hydrogens is 220 g/mol. The molecule has 1 heterocycles. The van der Waals surface area contributed by atoms with Gasteiger partial charge in [0.05, 0.1) is 0 Å². The highest BCUT2D eigenvalue weighted by atomic mass is 15.2. The van der Waals surface area contributed by atoms with Gasteiger partial charge in [-0.2, -0.15) is 0 Å². The van der Waals surface area contributed by atoms with Gasteiger partial charge in [-0.05, 0) is 24.0 Å². The molecule has 0 spiro atoms. The summed E-state index contributed by atoms with van der Waals surface area (Å²) in [6.07, 6.45) is 1.26. The second kappa shape index (κ2) is 6.35. The van der Waals surface area contributed by atoms with E-state index in [-0.39, 0.29) is 0 Å². The molecule has 1 aromatic rings. The zero-order valence-corrected chi connectivity index (χ0v) is 11.9. The Balaban J connectivity index is 1.96. The van der Waals surface area contributed by atoms with Gasteiger partial charge in [0.2, 0.25) is 0 Å². The van der Waals surface area contributed by atoms with Gasteiger partial charge in [-0.25, -0.2) is 0 Å². The molecule has 1 saturated heterocycles. The van der Waals surface area contributed by atoms with E-state index in [1.807, 2.05) is 0 Å². The molecule has 1 aliphatic rings. The number of rotatable bonds is 4. The van der Waals surface area contributed by atoms with E-state index in [0.29, 0.717) is 6.04 Å². The lowest BCUT2D eigenvalue weighted by atomic mass is 9.97. The number of piperazine rings is 1. The summed E-state index contributed by atoms with van der Waals surface area (Å²) >= 11 is 0. The van der Waals surface area contributed by atoms with Crippen LogP contribution in [0.15, 0.2) is 24.3 Å². The van der Waals surface area contributed by atoms with Gasteiger partial charge < -0.3 is 5.32 Å². The van der Waals surface area contributed by atoms with E-state index in [2.05, 4.69) is 55.3 Å². The van der Waals surface area contributed by atoms with Crippen LogP contribution in [0.5, 0.6) is 0 Å². The molecule has 2 nitrogen and oxygen atoms in total. The minimum absolute atomic E-state index is 0.660. The fourth-order valence-corrected chi connectivity index (χ4v) is 2.68. The van der Waals surface area contributed by atoms with E-state index in [1.165, 1.54) is 30.6 Å². The number of hydrogen-bond acceptors (Lipinski definition) is 2. The molecule has 0 bridgehead atoms. The van der Waals surface area contributed by atoms with Crippen LogP contribution in [-0.4, -0.2) is 30.6 Å². The maximum absolute atomic E-state index is 3.66. The Morgan fingerprint density at radius 3 is 2.89 bits per heavy atom. The molecule has 18 heavy (non-hydrogen) atoms. The van der Waals surface area contributed by atoms with E-state index in [0.717, 1.165) is 19.0 Å². The van der Waals surface area contributed by atoms with E-state index in [9.17, 15) is 0 Å². The van der Waals surface area contributed by atoms with Crippen LogP contribution < -0.4 is 5.32 Å². The molecule has 1 fully saturated rings. The third kappa shape index (κ3) is 3.33. The predicted molar refractivity (Wildman–Crippen MR) is 77.7 cm³/mol. The van der Waals surface area contributed by atoms with Crippen molar-refractivity contribution in [1.82, 2.24) is 10.2 Å². The van der Waals surface area contributed by atoms with Gasteiger partial charge in [0.15, 0.2) is 0 Å². The Bertz CT molecular complexity index is 375. The fourth-order valence-electron chi connectivity index (χ4n) is 2.68. The highest BCUT2D eigenvalue weighted by Gasteiger charge is 2.23.